The largest absolute Gasteiger partial charge is 0.484 e. The number of hydrogen-bond acceptors (Lipinski definition) is 4. The van der Waals surface area contributed by atoms with Crippen LogP contribution in [0.3, 0.4) is 0 Å². The van der Waals surface area contributed by atoms with E-state index in [4.69, 9.17) is 9.15 Å². The molecule has 0 spiro atoms. The first kappa shape index (κ1) is 17.3. The topological polar surface area (TPSA) is 68.5 Å². The molecule has 0 atom stereocenters. The lowest BCUT2D eigenvalue weighted by Crippen LogP contribution is -2.30. The Morgan fingerprint density at radius 2 is 2.16 bits per heavy atom. The van der Waals surface area contributed by atoms with E-state index < -0.39 is 5.63 Å². The van der Waals surface area contributed by atoms with Crippen LogP contribution in [-0.4, -0.2) is 19.1 Å². The molecule has 0 aliphatic heterocycles. The summed E-state index contributed by atoms with van der Waals surface area (Å²) >= 11 is 0. The third-order valence-corrected chi connectivity index (χ3v) is 4.45. The van der Waals surface area contributed by atoms with E-state index >= 15 is 0 Å². The highest BCUT2D eigenvalue weighted by molar-refractivity contribution is 5.81. The predicted octanol–water partition coefficient (Wildman–Crippen LogP) is 3.49. The Kier molecular flexibility index (Phi) is 5.53. The van der Waals surface area contributed by atoms with Gasteiger partial charge in [0, 0.05) is 24.1 Å². The molecule has 0 saturated carbocycles. The van der Waals surface area contributed by atoms with Crippen LogP contribution >= 0.6 is 0 Å². The Balaban J connectivity index is 1.50. The van der Waals surface area contributed by atoms with Gasteiger partial charge in [-0.1, -0.05) is 11.6 Å². The summed E-state index contributed by atoms with van der Waals surface area (Å²) in [5.41, 5.74) is 2.36. The van der Waals surface area contributed by atoms with Gasteiger partial charge >= 0.3 is 5.63 Å². The molecule has 132 valence electrons. The number of benzene rings is 1. The van der Waals surface area contributed by atoms with Crippen molar-refractivity contribution >= 4 is 16.9 Å². The molecule has 5 nitrogen and oxygen atoms in total. The minimum absolute atomic E-state index is 0.0550. The summed E-state index contributed by atoms with van der Waals surface area (Å²) in [5, 5.41) is 3.74. The SMILES string of the molecule is Cc1cc(=O)oc2cc(OCC(=O)NCCC3=CCCCC3)ccc12. The number of hydrogen-bond donors (Lipinski definition) is 1. The number of allylic oxidation sites excluding steroid dienone is 1. The van der Waals surface area contributed by atoms with Crippen molar-refractivity contribution in [2.45, 2.75) is 39.0 Å². The molecule has 5 heteroatoms. The van der Waals surface area contributed by atoms with Crippen LogP contribution in [0.5, 0.6) is 5.75 Å². The molecule has 0 radical (unpaired) electrons. The molecule has 1 heterocycles. The van der Waals surface area contributed by atoms with Gasteiger partial charge in [0.05, 0.1) is 0 Å². The lowest BCUT2D eigenvalue weighted by Gasteiger charge is -2.13. The quantitative estimate of drug-likeness (QED) is 0.645. The standard InChI is InChI=1S/C20H23NO4/c1-14-11-20(23)25-18-12-16(7-8-17(14)18)24-13-19(22)21-10-9-15-5-3-2-4-6-15/h5,7-8,11-12H,2-4,6,9-10,13H2,1H3,(H,21,22). The van der Waals surface area contributed by atoms with Crippen molar-refractivity contribution in [3.63, 3.8) is 0 Å². The monoisotopic (exact) mass is 341 g/mol. The van der Waals surface area contributed by atoms with Gasteiger partial charge in [-0.15, -0.1) is 0 Å². The number of fused-ring (bicyclic) bond motifs is 1. The minimum atomic E-state index is -0.392. The second kappa shape index (κ2) is 8.01. The molecule has 1 aliphatic rings. The highest BCUT2D eigenvalue weighted by Crippen LogP contribution is 2.22. The van der Waals surface area contributed by atoms with Crippen LogP contribution < -0.4 is 15.7 Å². The van der Waals surface area contributed by atoms with Crippen molar-refractivity contribution < 1.29 is 13.9 Å². The van der Waals surface area contributed by atoms with Gasteiger partial charge in [-0.2, -0.15) is 0 Å². The van der Waals surface area contributed by atoms with E-state index in [0.717, 1.165) is 30.2 Å². The van der Waals surface area contributed by atoms with E-state index in [0.29, 0.717) is 17.9 Å². The molecular formula is C20H23NO4. The predicted molar refractivity (Wildman–Crippen MR) is 96.9 cm³/mol. The maximum Gasteiger partial charge on any atom is 0.336 e. The fourth-order valence-corrected chi connectivity index (χ4v) is 3.09. The van der Waals surface area contributed by atoms with E-state index in [1.54, 1.807) is 12.1 Å². The Morgan fingerprint density at radius 3 is 2.96 bits per heavy atom. The van der Waals surface area contributed by atoms with Gasteiger partial charge in [-0.05, 0) is 56.7 Å². The molecule has 1 aromatic carbocycles. The van der Waals surface area contributed by atoms with Crippen molar-refractivity contribution in [2.75, 3.05) is 13.2 Å². The zero-order chi connectivity index (χ0) is 17.6. The highest BCUT2D eigenvalue weighted by Gasteiger charge is 2.08. The molecule has 3 rings (SSSR count). The Hall–Kier alpha value is -2.56. The molecule has 1 N–H and O–H groups in total. The molecule has 25 heavy (non-hydrogen) atoms. The van der Waals surface area contributed by atoms with Gasteiger partial charge in [-0.3, -0.25) is 4.79 Å². The highest BCUT2D eigenvalue weighted by atomic mass is 16.5. The molecule has 0 fully saturated rings. The first-order valence-electron chi connectivity index (χ1n) is 8.74. The third-order valence-electron chi connectivity index (χ3n) is 4.45. The lowest BCUT2D eigenvalue weighted by molar-refractivity contribution is -0.123. The van der Waals surface area contributed by atoms with Crippen molar-refractivity contribution in [1.29, 1.82) is 0 Å². The maximum absolute atomic E-state index is 11.9. The number of carbonyl (C=O) groups is 1. The van der Waals surface area contributed by atoms with E-state index in [9.17, 15) is 9.59 Å². The number of amides is 1. The van der Waals surface area contributed by atoms with E-state index in [1.165, 1.54) is 24.5 Å². The summed E-state index contributed by atoms with van der Waals surface area (Å²) in [5.74, 6) is 0.355. The molecule has 1 aliphatic carbocycles. The van der Waals surface area contributed by atoms with Crippen molar-refractivity contribution in [2.24, 2.45) is 0 Å². The van der Waals surface area contributed by atoms with Crippen LogP contribution in [0.1, 0.15) is 37.7 Å². The second-order valence-electron chi connectivity index (χ2n) is 6.40. The summed E-state index contributed by atoms with van der Waals surface area (Å²) in [6.07, 6.45) is 8.02. The number of aryl methyl sites for hydroxylation is 1. The molecular weight excluding hydrogens is 318 g/mol. The van der Waals surface area contributed by atoms with Crippen molar-refractivity contribution in [1.82, 2.24) is 5.32 Å². The van der Waals surface area contributed by atoms with Crippen LogP contribution in [-0.2, 0) is 4.79 Å². The first-order chi connectivity index (χ1) is 12.1. The Morgan fingerprint density at radius 1 is 1.28 bits per heavy atom. The molecule has 0 unspecified atom stereocenters. The van der Waals surface area contributed by atoms with Gasteiger partial charge in [0.15, 0.2) is 6.61 Å². The zero-order valence-electron chi connectivity index (χ0n) is 14.5. The van der Waals surface area contributed by atoms with Gasteiger partial charge in [0.1, 0.15) is 11.3 Å². The Bertz CT molecular complexity index is 850. The zero-order valence-corrected chi connectivity index (χ0v) is 14.5. The molecule has 0 saturated heterocycles. The van der Waals surface area contributed by atoms with Crippen LogP contribution in [0, 0.1) is 6.92 Å². The summed E-state index contributed by atoms with van der Waals surface area (Å²) < 4.78 is 10.7. The van der Waals surface area contributed by atoms with Gasteiger partial charge in [-0.25, -0.2) is 4.79 Å². The summed E-state index contributed by atoms with van der Waals surface area (Å²) in [6, 6.07) is 6.70. The lowest BCUT2D eigenvalue weighted by atomic mass is 9.97. The van der Waals surface area contributed by atoms with Gasteiger partial charge < -0.3 is 14.5 Å². The maximum atomic E-state index is 11.9. The average molecular weight is 341 g/mol. The first-order valence-corrected chi connectivity index (χ1v) is 8.74. The van der Waals surface area contributed by atoms with E-state index in [-0.39, 0.29) is 12.5 Å². The smallest absolute Gasteiger partial charge is 0.336 e. The van der Waals surface area contributed by atoms with E-state index in [2.05, 4.69) is 11.4 Å². The van der Waals surface area contributed by atoms with Gasteiger partial charge in [0.2, 0.25) is 0 Å². The van der Waals surface area contributed by atoms with E-state index in [1.807, 2.05) is 13.0 Å². The van der Waals surface area contributed by atoms with Crippen molar-refractivity contribution in [3.8, 4) is 5.75 Å². The van der Waals surface area contributed by atoms with Gasteiger partial charge in [0.25, 0.3) is 5.91 Å². The second-order valence-corrected chi connectivity index (χ2v) is 6.40. The number of nitrogens with one attached hydrogen (secondary N) is 1. The van der Waals surface area contributed by atoms with Crippen LogP contribution in [0.15, 0.2) is 45.1 Å². The number of carbonyl (C=O) groups excluding carboxylic acids is 1. The molecule has 0 bridgehead atoms. The number of rotatable bonds is 6. The fourth-order valence-electron chi connectivity index (χ4n) is 3.09. The minimum Gasteiger partial charge on any atom is -0.484 e. The van der Waals surface area contributed by atoms with Crippen LogP contribution in [0.25, 0.3) is 11.0 Å². The summed E-state index contributed by atoms with van der Waals surface area (Å²) in [6.45, 7) is 2.44. The summed E-state index contributed by atoms with van der Waals surface area (Å²) in [4.78, 5) is 23.4. The molecule has 1 amide bonds. The van der Waals surface area contributed by atoms with Crippen LogP contribution in [0.2, 0.25) is 0 Å². The van der Waals surface area contributed by atoms with Crippen molar-refractivity contribution in [3.05, 3.63) is 51.9 Å². The normalized spacial score (nSPS) is 14.2. The summed E-state index contributed by atoms with van der Waals surface area (Å²) in [7, 11) is 0. The van der Waals surface area contributed by atoms with Crippen LogP contribution in [0.4, 0.5) is 0 Å². The molecule has 2 aromatic rings. The Labute approximate surface area is 146 Å². The fraction of sp³-hybridized carbons (Fsp3) is 0.400. The third kappa shape index (κ3) is 4.72. The molecule has 1 aromatic heterocycles. The number of ether oxygens (including phenoxy) is 1. The average Bonchev–Trinajstić information content (AvgIpc) is 2.60.